The molecule has 0 heterocycles. The maximum atomic E-state index is 11.8. The van der Waals surface area contributed by atoms with Crippen LogP contribution in [-0.4, -0.2) is 39.4 Å². The van der Waals surface area contributed by atoms with Crippen LogP contribution in [-0.2, 0) is 9.53 Å². The van der Waals surface area contributed by atoms with Crippen molar-refractivity contribution in [3.05, 3.63) is 23.8 Å². The molecule has 3 N–H and O–H groups in total. The van der Waals surface area contributed by atoms with E-state index in [-0.39, 0.29) is 11.9 Å². The van der Waals surface area contributed by atoms with Gasteiger partial charge in [0.25, 0.3) is 5.91 Å². The van der Waals surface area contributed by atoms with Crippen molar-refractivity contribution in [3.8, 4) is 11.5 Å². The highest BCUT2D eigenvalue weighted by atomic mass is 16.5. The van der Waals surface area contributed by atoms with Crippen molar-refractivity contribution in [3.63, 3.8) is 0 Å². The zero-order valence-electron chi connectivity index (χ0n) is 13.0. The van der Waals surface area contributed by atoms with Gasteiger partial charge in [0.05, 0.1) is 13.7 Å². The molecule has 6 heteroatoms. The number of hydrogen-bond acceptors (Lipinski definition) is 5. The molecule has 0 bridgehead atoms. The van der Waals surface area contributed by atoms with Crippen LogP contribution in [0.25, 0.3) is 0 Å². The molecule has 2 atom stereocenters. The first-order valence-corrected chi connectivity index (χ1v) is 6.86. The maximum Gasteiger partial charge on any atom is 0.260 e. The predicted octanol–water partition coefficient (Wildman–Crippen LogP) is 1.24. The third-order valence-electron chi connectivity index (χ3n) is 2.99. The zero-order valence-corrected chi connectivity index (χ0v) is 13.0. The van der Waals surface area contributed by atoms with E-state index in [4.69, 9.17) is 19.9 Å². The number of hydrogen-bond donors (Lipinski definition) is 2. The number of ether oxygens (including phenoxy) is 3. The Labute approximate surface area is 125 Å². The number of amides is 1. The lowest BCUT2D eigenvalue weighted by molar-refractivity contribution is -0.127. The fourth-order valence-electron chi connectivity index (χ4n) is 1.73. The average Bonchev–Trinajstić information content (AvgIpc) is 2.47. The Bertz CT molecular complexity index is 463. The second-order valence-electron chi connectivity index (χ2n) is 4.74. The molecule has 2 unspecified atom stereocenters. The molecule has 1 aromatic carbocycles. The molecule has 0 aliphatic heterocycles. The molecule has 0 aliphatic carbocycles. The summed E-state index contributed by atoms with van der Waals surface area (Å²) < 4.78 is 15.8. The van der Waals surface area contributed by atoms with Crippen molar-refractivity contribution in [2.45, 2.75) is 26.0 Å². The molecule has 118 valence electrons. The first-order chi connectivity index (χ1) is 9.99. The van der Waals surface area contributed by atoms with Gasteiger partial charge in [0.1, 0.15) is 0 Å². The van der Waals surface area contributed by atoms with Crippen LogP contribution in [0, 0.1) is 0 Å². The highest BCUT2D eigenvalue weighted by Crippen LogP contribution is 2.30. The Hall–Kier alpha value is -1.79. The monoisotopic (exact) mass is 296 g/mol. The Kier molecular flexibility index (Phi) is 6.98. The predicted molar refractivity (Wildman–Crippen MR) is 80.6 cm³/mol. The van der Waals surface area contributed by atoms with Crippen LogP contribution in [0.4, 0.5) is 0 Å². The van der Waals surface area contributed by atoms with E-state index in [1.54, 1.807) is 27.2 Å². The van der Waals surface area contributed by atoms with Crippen LogP contribution in [0.2, 0.25) is 0 Å². The van der Waals surface area contributed by atoms with Gasteiger partial charge in [0, 0.05) is 19.7 Å². The van der Waals surface area contributed by atoms with Gasteiger partial charge in [-0.15, -0.1) is 0 Å². The summed E-state index contributed by atoms with van der Waals surface area (Å²) in [5, 5.41) is 2.72. The van der Waals surface area contributed by atoms with Crippen LogP contribution in [0.1, 0.15) is 25.5 Å². The van der Waals surface area contributed by atoms with Crippen molar-refractivity contribution in [1.82, 2.24) is 5.32 Å². The number of benzene rings is 1. The molecule has 0 saturated carbocycles. The molecule has 1 aromatic rings. The molecule has 1 amide bonds. The highest BCUT2D eigenvalue weighted by Gasteiger charge is 2.17. The molecule has 0 fully saturated rings. The summed E-state index contributed by atoms with van der Waals surface area (Å²) in [7, 11) is 3.13. The molecule has 0 aliphatic rings. The lowest BCUT2D eigenvalue weighted by atomic mass is 10.1. The second-order valence-corrected chi connectivity index (χ2v) is 4.74. The Morgan fingerprint density at radius 2 is 2.00 bits per heavy atom. The van der Waals surface area contributed by atoms with Gasteiger partial charge in [-0.25, -0.2) is 0 Å². The Morgan fingerprint density at radius 3 is 2.57 bits per heavy atom. The van der Waals surface area contributed by atoms with Crippen molar-refractivity contribution in [1.29, 1.82) is 0 Å². The van der Waals surface area contributed by atoms with Gasteiger partial charge in [0.2, 0.25) is 0 Å². The van der Waals surface area contributed by atoms with E-state index in [0.29, 0.717) is 24.7 Å². The van der Waals surface area contributed by atoms with Gasteiger partial charge in [-0.3, -0.25) is 4.79 Å². The van der Waals surface area contributed by atoms with Crippen LogP contribution in [0.3, 0.4) is 0 Å². The molecule has 0 saturated heterocycles. The minimum absolute atomic E-state index is 0.0947. The fraction of sp³-hybridized carbons (Fsp3) is 0.533. The van der Waals surface area contributed by atoms with Crippen LogP contribution < -0.4 is 20.5 Å². The number of carbonyl (C=O) groups is 1. The largest absolute Gasteiger partial charge is 0.493 e. The lowest BCUT2D eigenvalue weighted by Gasteiger charge is -2.18. The van der Waals surface area contributed by atoms with Crippen molar-refractivity contribution < 1.29 is 19.0 Å². The van der Waals surface area contributed by atoms with Crippen molar-refractivity contribution >= 4 is 5.91 Å². The third-order valence-corrected chi connectivity index (χ3v) is 2.99. The van der Waals surface area contributed by atoms with Crippen molar-refractivity contribution in [2.24, 2.45) is 5.73 Å². The molecule has 0 aromatic heterocycles. The van der Waals surface area contributed by atoms with E-state index in [2.05, 4.69) is 5.32 Å². The summed E-state index contributed by atoms with van der Waals surface area (Å²) in [6, 6.07) is 5.34. The third kappa shape index (κ3) is 5.24. The summed E-state index contributed by atoms with van der Waals surface area (Å²) in [6.45, 7) is 4.48. The van der Waals surface area contributed by atoms with Gasteiger partial charge in [-0.05, 0) is 31.5 Å². The summed E-state index contributed by atoms with van der Waals surface area (Å²) in [6.07, 6.45) is -0.628. The van der Waals surface area contributed by atoms with E-state index >= 15 is 0 Å². The van der Waals surface area contributed by atoms with E-state index in [1.165, 1.54) is 0 Å². The fourth-order valence-corrected chi connectivity index (χ4v) is 1.73. The highest BCUT2D eigenvalue weighted by molar-refractivity contribution is 5.80. The standard InChI is InChI=1S/C15H24N2O4/c1-10(16)12-5-6-13(14(9-12)20-4)21-11(2)15(18)17-7-8-19-3/h5-6,9-11H,7-8,16H2,1-4H3,(H,17,18). The van der Waals surface area contributed by atoms with Gasteiger partial charge in [0.15, 0.2) is 17.6 Å². The minimum Gasteiger partial charge on any atom is -0.493 e. The first-order valence-electron chi connectivity index (χ1n) is 6.86. The SMILES string of the molecule is COCCNC(=O)C(C)Oc1ccc(C(C)N)cc1OC. The number of rotatable bonds is 8. The second kappa shape index (κ2) is 8.49. The van der Waals surface area contributed by atoms with Gasteiger partial charge in [-0.1, -0.05) is 6.07 Å². The number of methoxy groups -OCH3 is 2. The maximum absolute atomic E-state index is 11.8. The Balaban J connectivity index is 2.71. The summed E-state index contributed by atoms with van der Waals surface area (Å²) >= 11 is 0. The van der Waals surface area contributed by atoms with E-state index in [0.717, 1.165) is 5.56 Å². The van der Waals surface area contributed by atoms with Gasteiger partial charge in [-0.2, -0.15) is 0 Å². The number of nitrogens with two attached hydrogens (primary N) is 1. The lowest BCUT2D eigenvalue weighted by Crippen LogP contribution is -2.38. The minimum atomic E-state index is -0.628. The van der Waals surface area contributed by atoms with Crippen LogP contribution >= 0.6 is 0 Å². The molecular weight excluding hydrogens is 272 g/mol. The number of carbonyl (C=O) groups excluding carboxylic acids is 1. The Morgan fingerprint density at radius 1 is 1.29 bits per heavy atom. The summed E-state index contributed by atoms with van der Waals surface area (Å²) in [5.74, 6) is 0.864. The average molecular weight is 296 g/mol. The normalized spacial score (nSPS) is 13.4. The smallest absolute Gasteiger partial charge is 0.260 e. The number of nitrogens with one attached hydrogen (secondary N) is 1. The molecule has 21 heavy (non-hydrogen) atoms. The van der Waals surface area contributed by atoms with Crippen LogP contribution in [0.15, 0.2) is 18.2 Å². The van der Waals surface area contributed by atoms with E-state index in [1.807, 2.05) is 19.1 Å². The first kappa shape index (κ1) is 17.3. The summed E-state index contributed by atoms with van der Waals surface area (Å²) in [4.78, 5) is 11.8. The molecule has 0 spiro atoms. The summed E-state index contributed by atoms with van der Waals surface area (Å²) in [5.41, 5.74) is 6.77. The molecule has 6 nitrogen and oxygen atoms in total. The van der Waals surface area contributed by atoms with Crippen molar-refractivity contribution in [2.75, 3.05) is 27.4 Å². The molecule has 0 radical (unpaired) electrons. The zero-order chi connectivity index (χ0) is 15.8. The van der Waals surface area contributed by atoms with Gasteiger partial charge < -0.3 is 25.3 Å². The molecule has 1 rings (SSSR count). The van der Waals surface area contributed by atoms with E-state index in [9.17, 15) is 4.79 Å². The molecular formula is C15H24N2O4. The van der Waals surface area contributed by atoms with E-state index < -0.39 is 6.10 Å². The quantitative estimate of drug-likeness (QED) is 0.705. The van der Waals surface area contributed by atoms with Crippen LogP contribution in [0.5, 0.6) is 11.5 Å². The topological polar surface area (TPSA) is 82.8 Å². The van der Waals surface area contributed by atoms with Gasteiger partial charge >= 0.3 is 0 Å².